The van der Waals surface area contributed by atoms with E-state index in [9.17, 15) is 0 Å². The minimum Gasteiger partial charge on any atom is -0.330 e. The Bertz CT molecular complexity index is 193. The van der Waals surface area contributed by atoms with Gasteiger partial charge in [-0.3, -0.25) is 0 Å². The molecule has 0 aliphatic rings. The fourth-order valence-corrected chi connectivity index (χ4v) is 1.82. The summed E-state index contributed by atoms with van der Waals surface area (Å²) < 4.78 is 0. The summed E-state index contributed by atoms with van der Waals surface area (Å²) >= 11 is 1.83. The summed E-state index contributed by atoms with van der Waals surface area (Å²) in [5.74, 6) is 0. The second-order valence-electron chi connectivity index (χ2n) is 2.48. The molecule has 0 spiro atoms. The molecule has 0 saturated carbocycles. The Balaban J connectivity index is 2.42. The second kappa shape index (κ2) is 3.74. The van der Waals surface area contributed by atoms with Crippen LogP contribution in [0.3, 0.4) is 0 Å². The topological polar surface area (TPSA) is 26.0 Å². The molecule has 1 heterocycles. The summed E-state index contributed by atoms with van der Waals surface area (Å²) in [4.78, 5) is 1.46. The van der Waals surface area contributed by atoms with Crippen LogP contribution < -0.4 is 5.73 Å². The third-order valence-electron chi connectivity index (χ3n) is 1.41. The average Bonchev–Trinajstić information content (AvgIpc) is 2.31. The van der Waals surface area contributed by atoms with Gasteiger partial charge in [0.1, 0.15) is 0 Å². The van der Waals surface area contributed by atoms with E-state index in [2.05, 4.69) is 18.4 Å². The van der Waals surface area contributed by atoms with Crippen molar-refractivity contribution in [3.05, 3.63) is 21.9 Å². The highest BCUT2D eigenvalue weighted by atomic mass is 32.1. The van der Waals surface area contributed by atoms with E-state index < -0.39 is 0 Å². The molecule has 0 amide bonds. The normalized spacial score (nSPS) is 10.2. The highest BCUT2D eigenvalue weighted by Crippen LogP contribution is 2.14. The standard InChI is InChI=1S/C8H13NS/c1-7-5-8(10-6-7)3-2-4-9/h5-6H,2-4,9H2,1H3. The number of hydrogen-bond acceptors (Lipinski definition) is 2. The van der Waals surface area contributed by atoms with Gasteiger partial charge in [0.25, 0.3) is 0 Å². The Morgan fingerprint density at radius 3 is 2.90 bits per heavy atom. The maximum Gasteiger partial charge on any atom is 0.00484 e. The van der Waals surface area contributed by atoms with Gasteiger partial charge in [-0.2, -0.15) is 0 Å². The lowest BCUT2D eigenvalue weighted by atomic mass is 10.2. The number of nitrogens with two attached hydrogens (primary N) is 1. The molecule has 56 valence electrons. The lowest BCUT2D eigenvalue weighted by molar-refractivity contribution is 0.843. The predicted octanol–water partition coefficient (Wildman–Crippen LogP) is 1.95. The molecule has 2 heteroatoms. The molecule has 0 bridgehead atoms. The van der Waals surface area contributed by atoms with Crippen molar-refractivity contribution < 1.29 is 0 Å². The molecule has 0 fully saturated rings. The van der Waals surface area contributed by atoms with E-state index >= 15 is 0 Å². The third-order valence-corrected chi connectivity index (χ3v) is 2.53. The fourth-order valence-electron chi connectivity index (χ4n) is 0.898. The van der Waals surface area contributed by atoms with Crippen molar-refractivity contribution in [3.8, 4) is 0 Å². The molecule has 1 rings (SSSR count). The van der Waals surface area contributed by atoms with Gasteiger partial charge in [0.15, 0.2) is 0 Å². The van der Waals surface area contributed by atoms with Crippen LogP contribution in [-0.2, 0) is 6.42 Å². The van der Waals surface area contributed by atoms with Crippen LogP contribution in [0, 0.1) is 6.92 Å². The number of thiophene rings is 1. The highest BCUT2D eigenvalue weighted by Gasteiger charge is 1.94. The second-order valence-corrected chi connectivity index (χ2v) is 3.48. The monoisotopic (exact) mass is 155 g/mol. The summed E-state index contributed by atoms with van der Waals surface area (Å²) in [6, 6.07) is 2.24. The molecular weight excluding hydrogens is 142 g/mol. The van der Waals surface area contributed by atoms with Crippen LogP contribution in [0.1, 0.15) is 16.9 Å². The van der Waals surface area contributed by atoms with Crippen molar-refractivity contribution in [3.63, 3.8) is 0 Å². The largest absolute Gasteiger partial charge is 0.330 e. The Kier molecular flexibility index (Phi) is 2.90. The quantitative estimate of drug-likeness (QED) is 0.709. The lowest BCUT2D eigenvalue weighted by Gasteiger charge is -1.91. The Hall–Kier alpha value is -0.340. The van der Waals surface area contributed by atoms with E-state index in [0.29, 0.717) is 0 Å². The summed E-state index contributed by atoms with van der Waals surface area (Å²) in [6.07, 6.45) is 2.26. The van der Waals surface area contributed by atoms with E-state index in [-0.39, 0.29) is 0 Å². The zero-order valence-electron chi connectivity index (χ0n) is 6.26. The highest BCUT2D eigenvalue weighted by molar-refractivity contribution is 7.10. The molecule has 1 nitrogen and oxygen atoms in total. The molecule has 0 aromatic carbocycles. The molecule has 0 unspecified atom stereocenters. The summed E-state index contributed by atoms with van der Waals surface area (Å²) in [6.45, 7) is 2.93. The minimum absolute atomic E-state index is 0.803. The SMILES string of the molecule is Cc1csc(CCCN)c1. The van der Waals surface area contributed by atoms with Crippen LogP contribution in [-0.4, -0.2) is 6.54 Å². The number of hydrogen-bond donors (Lipinski definition) is 1. The molecular formula is C8H13NS. The minimum atomic E-state index is 0.803. The molecule has 0 aliphatic carbocycles. The average molecular weight is 155 g/mol. The van der Waals surface area contributed by atoms with Crippen LogP contribution in [0.2, 0.25) is 0 Å². The van der Waals surface area contributed by atoms with Gasteiger partial charge in [-0.25, -0.2) is 0 Å². The zero-order chi connectivity index (χ0) is 7.40. The van der Waals surface area contributed by atoms with Crippen molar-refractivity contribution in [2.24, 2.45) is 5.73 Å². The van der Waals surface area contributed by atoms with E-state index in [1.165, 1.54) is 10.4 Å². The Morgan fingerprint density at radius 2 is 2.40 bits per heavy atom. The third kappa shape index (κ3) is 2.12. The first-order valence-electron chi connectivity index (χ1n) is 3.57. The van der Waals surface area contributed by atoms with Gasteiger partial charge in [0.2, 0.25) is 0 Å². The van der Waals surface area contributed by atoms with E-state index in [1.54, 1.807) is 0 Å². The molecule has 0 radical (unpaired) electrons. The molecule has 1 aromatic heterocycles. The summed E-state index contributed by atoms with van der Waals surface area (Å²) in [7, 11) is 0. The first kappa shape index (κ1) is 7.76. The molecule has 1 aromatic rings. The molecule has 0 atom stereocenters. The van der Waals surface area contributed by atoms with Crippen LogP contribution in [0.25, 0.3) is 0 Å². The first-order chi connectivity index (χ1) is 4.83. The van der Waals surface area contributed by atoms with Crippen molar-refractivity contribution in [2.45, 2.75) is 19.8 Å². The van der Waals surface area contributed by atoms with Crippen LogP contribution in [0.15, 0.2) is 11.4 Å². The number of aryl methyl sites for hydroxylation is 2. The molecule has 0 aliphatic heterocycles. The van der Waals surface area contributed by atoms with Gasteiger partial charge < -0.3 is 5.73 Å². The Labute approximate surface area is 65.9 Å². The maximum atomic E-state index is 5.39. The maximum absolute atomic E-state index is 5.39. The van der Waals surface area contributed by atoms with Gasteiger partial charge in [-0.15, -0.1) is 11.3 Å². The van der Waals surface area contributed by atoms with Crippen molar-refractivity contribution in [1.82, 2.24) is 0 Å². The van der Waals surface area contributed by atoms with Gasteiger partial charge >= 0.3 is 0 Å². The smallest absolute Gasteiger partial charge is 0.00484 e. The van der Waals surface area contributed by atoms with E-state index in [4.69, 9.17) is 5.73 Å². The van der Waals surface area contributed by atoms with Crippen molar-refractivity contribution >= 4 is 11.3 Å². The summed E-state index contributed by atoms with van der Waals surface area (Å²) in [5, 5.41) is 2.19. The zero-order valence-corrected chi connectivity index (χ0v) is 7.08. The Morgan fingerprint density at radius 1 is 1.60 bits per heavy atom. The fraction of sp³-hybridized carbons (Fsp3) is 0.500. The predicted molar refractivity (Wildman–Crippen MR) is 46.4 cm³/mol. The van der Waals surface area contributed by atoms with E-state index in [1.807, 2.05) is 11.3 Å². The molecule has 10 heavy (non-hydrogen) atoms. The van der Waals surface area contributed by atoms with Gasteiger partial charge in [0, 0.05) is 4.88 Å². The van der Waals surface area contributed by atoms with Crippen LogP contribution >= 0.6 is 11.3 Å². The van der Waals surface area contributed by atoms with Gasteiger partial charge in [0.05, 0.1) is 0 Å². The lowest BCUT2D eigenvalue weighted by Crippen LogP contribution is -1.99. The van der Waals surface area contributed by atoms with Gasteiger partial charge in [-0.05, 0) is 43.3 Å². The van der Waals surface area contributed by atoms with E-state index in [0.717, 1.165) is 19.4 Å². The van der Waals surface area contributed by atoms with Crippen LogP contribution in [0.4, 0.5) is 0 Å². The summed E-state index contributed by atoms with van der Waals surface area (Å²) in [5.41, 5.74) is 6.76. The molecule has 2 N–H and O–H groups in total. The first-order valence-corrected chi connectivity index (χ1v) is 4.45. The molecule has 0 saturated heterocycles. The van der Waals surface area contributed by atoms with Crippen LogP contribution in [0.5, 0.6) is 0 Å². The van der Waals surface area contributed by atoms with Crippen molar-refractivity contribution in [1.29, 1.82) is 0 Å². The van der Waals surface area contributed by atoms with Gasteiger partial charge in [-0.1, -0.05) is 0 Å². The van der Waals surface area contributed by atoms with Crippen molar-refractivity contribution in [2.75, 3.05) is 6.54 Å². The number of rotatable bonds is 3.